The molecule has 2 rings (SSSR count). The minimum Gasteiger partial charge on any atom is -0.334 e. The third-order valence-corrected chi connectivity index (χ3v) is 3.66. The molecule has 0 aliphatic carbocycles. The number of hydrogen-bond donors (Lipinski definition) is 1. The number of amides is 1. The maximum Gasteiger partial charge on any atom is 0.416 e. The fourth-order valence-corrected chi connectivity index (χ4v) is 2.56. The summed E-state index contributed by atoms with van der Waals surface area (Å²) >= 11 is 0. The standard InChI is InChI=1S/C15H19F3N2O.ClH/c1-2-9-20(13-7-8-19-10-13)14(21)11-3-5-12(6-4-11)15(16,17)18;/h3-6,13,19H,2,7-10H2,1H3;1H. The molecule has 1 aromatic rings. The summed E-state index contributed by atoms with van der Waals surface area (Å²) in [4.78, 5) is 14.3. The first-order valence-corrected chi connectivity index (χ1v) is 7.12. The predicted molar refractivity (Wildman–Crippen MR) is 81.3 cm³/mol. The maximum atomic E-state index is 12.5. The number of benzene rings is 1. The molecule has 7 heteroatoms. The molecule has 1 aliphatic rings. The van der Waals surface area contributed by atoms with Crippen LogP contribution < -0.4 is 5.32 Å². The quantitative estimate of drug-likeness (QED) is 0.914. The zero-order chi connectivity index (χ0) is 15.5. The zero-order valence-corrected chi connectivity index (χ0v) is 13.1. The van der Waals surface area contributed by atoms with Gasteiger partial charge >= 0.3 is 6.18 Å². The first-order valence-electron chi connectivity index (χ1n) is 7.12. The van der Waals surface area contributed by atoms with E-state index in [2.05, 4.69) is 5.32 Å². The second-order valence-corrected chi connectivity index (χ2v) is 5.22. The van der Waals surface area contributed by atoms with Gasteiger partial charge in [-0.15, -0.1) is 12.4 Å². The van der Waals surface area contributed by atoms with Crippen molar-refractivity contribution in [2.45, 2.75) is 32.0 Å². The van der Waals surface area contributed by atoms with Crippen molar-refractivity contribution >= 4 is 18.3 Å². The van der Waals surface area contributed by atoms with Gasteiger partial charge < -0.3 is 10.2 Å². The predicted octanol–water partition coefficient (Wildman–Crippen LogP) is 3.34. The van der Waals surface area contributed by atoms with Gasteiger partial charge in [-0.2, -0.15) is 13.2 Å². The minimum absolute atomic E-state index is 0. The number of halogens is 4. The summed E-state index contributed by atoms with van der Waals surface area (Å²) in [6, 6.07) is 4.57. The zero-order valence-electron chi connectivity index (χ0n) is 12.3. The number of nitrogens with zero attached hydrogens (tertiary/aromatic N) is 1. The molecule has 1 N–H and O–H groups in total. The maximum absolute atomic E-state index is 12.5. The third-order valence-electron chi connectivity index (χ3n) is 3.66. The molecule has 0 aromatic heterocycles. The highest BCUT2D eigenvalue weighted by molar-refractivity contribution is 5.94. The van der Waals surface area contributed by atoms with Crippen LogP contribution in [0.2, 0.25) is 0 Å². The molecule has 3 nitrogen and oxygen atoms in total. The first-order chi connectivity index (χ1) is 9.93. The number of nitrogens with one attached hydrogen (secondary N) is 1. The number of alkyl halides is 3. The Bertz CT molecular complexity index is 485. The molecule has 1 unspecified atom stereocenters. The highest BCUT2D eigenvalue weighted by Gasteiger charge is 2.31. The summed E-state index contributed by atoms with van der Waals surface area (Å²) in [5, 5.41) is 3.20. The molecular formula is C15H20ClF3N2O. The highest BCUT2D eigenvalue weighted by atomic mass is 35.5. The Morgan fingerprint density at radius 1 is 1.32 bits per heavy atom. The number of hydrogen-bond acceptors (Lipinski definition) is 2. The van der Waals surface area contributed by atoms with Crippen molar-refractivity contribution in [2.75, 3.05) is 19.6 Å². The summed E-state index contributed by atoms with van der Waals surface area (Å²) < 4.78 is 37.6. The molecule has 0 saturated carbocycles. The largest absolute Gasteiger partial charge is 0.416 e. The molecule has 1 atom stereocenters. The van der Waals surface area contributed by atoms with Crippen LogP contribution in [0.4, 0.5) is 13.2 Å². The van der Waals surface area contributed by atoms with Crippen molar-refractivity contribution in [1.82, 2.24) is 10.2 Å². The van der Waals surface area contributed by atoms with E-state index < -0.39 is 11.7 Å². The van der Waals surface area contributed by atoms with Gasteiger partial charge in [-0.3, -0.25) is 4.79 Å². The van der Waals surface area contributed by atoms with E-state index in [0.717, 1.165) is 38.1 Å². The van der Waals surface area contributed by atoms with E-state index in [4.69, 9.17) is 0 Å². The molecule has 22 heavy (non-hydrogen) atoms. The van der Waals surface area contributed by atoms with Gasteiger partial charge in [-0.1, -0.05) is 6.92 Å². The van der Waals surface area contributed by atoms with Crippen molar-refractivity contribution in [3.8, 4) is 0 Å². The molecule has 0 radical (unpaired) electrons. The lowest BCUT2D eigenvalue weighted by Gasteiger charge is -2.28. The molecule has 1 amide bonds. The Morgan fingerprint density at radius 2 is 1.95 bits per heavy atom. The van der Waals surface area contributed by atoms with Gasteiger partial charge in [0.05, 0.1) is 5.56 Å². The highest BCUT2D eigenvalue weighted by Crippen LogP contribution is 2.29. The van der Waals surface area contributed by atoms with Crippen LogP contribution in [0.25, 0.3) is 0 Å². The third kappa shape index (κ3) is 4.36. The lowest BCUT2D eigenvalue weighted by Crippen LogP contribution is -2.42. The van der Waals surface area contributed by atoms with Gasteiger partial charge in [0.2, 0.25) is 0 Å². The number of carbonyl (C=O) groups excluding carboxylic acids is 1. The molecular weight excluding hydrogens is 317 g/mol. The number of rotatable bonds is 4. The van der Waals surface area contributed by atoms with Crippen LogP contribution in [-0.2, 0) is 6.18 Å². The second kappa shape index (κ2) is 7.83. The Morgan fingerprint density at radius 3 is 2.41 bits per heavy atom. The average molecular weight is 337 g/mol. The van der Waals surface area contributed by atoms with E-state index in [-0.39, 0.29) is 24.4 Å². The van der Waals surface area contributed by atoms with Crippen molar-refractivity contribution in [1.29, 1.82) is 0 Å². The topological polar surface area (TPSA) is 32.3 Å². The fraction of sp³-hybridized carbons (Fsp3) is 0.533. The van der Waals surface area contributed by atoms with Gasteiger partial charge in [0, 0.05) is 24.7 Å². The van der Waals surface area contributed by atoms with Crippen molar-refractivity contribution in [2.24, 2.45) is 0 Å². The Balaban J connectivity index is 0.00000242. The van der Waals surface area contributed by atoms with E-state index in [0.29, 0.717) is 12.1 Å². The van der Waals surface area contributed by atoms with E-state index >= 15 is 0 Å². The van der Waals surface area contributed by atoms with E-state index in [9.17, 15) is 18.0 Å². The van der Waals surface area contributed by atoms with Crippen molar-refractivity contribution < 1.29 is 18.0 Å². The Hall–Kier alpha value is -1.27. The molecule has 1 aromatic carbocycles. The summed E-state index contributed by atoms with van der Waals surface area (Å²) in [5.74, 6) is -0.195. The summed E-state index contributed by atoms with van der Waals surface area (Å²) in [5.41, 5.74) is -0.424. The normalized spacial score (nSPS) is 17.9. The molecule has 1 heterocycles. The molecule has 0 spiro atoms. The Labute approximate surface area is 134 Å². The van der Waals surface area contributed by atoms with Crippen molar-refractivity contribution in [3.05, 3.63) is 35.4 Å². The van der Waals surface area contributed by atoms with Crippen LogP contribution in [0.5, 0.6) is 0 Å². The lowest BCUT2D eigenvalue weighted by atomic mass is 10.1. The molecule has 1 saturated heterocycles. The van der Waals surface area contributed by atoms with Crippen molar-refractivity contribution in [3.63, 3.8) is 0 Å². The van der Waals surface area contributed by atoms with Gasteiger partial charge in [-0.25, -0.2) is 0 Å². The van der Waals surface area contributed by atoms with Gasteiger partial charge in [0.15, 0.2) is 0 Å². The minimum atomic E-state index is -4.37. The Kier molecular flexibility index (Phi) is 6.68. The number of carbonyl (C=O) groups is 1. The SMILES string of the molecule is CCCN(C(=O)c1ccc(C(F)(F)F)cc1)C1CCNC1.Cl. The van der Waals surface area contributed by atoms with Crippen LogP contribution in [0.15, 0.2) is 24.3 Å². The van der Waals surface area contributed by atoms with E-state index in [1.807, 2.05) is 6.92 Å². The van der Waals surface area contributed by atoms with Gasteiger partial charge in [0.1, 0.15) is 0 Å². The van der Waals surface area contributed by atoms with E-state index in [1.165, 1.54) is 12.1 Å². The fourth-order valence-electron chi connectivity index (χ4n) is 2.56. The summed E-state index contributed by atoms with van der Waals surface area (Å²) in [6.45, 7) is 4.21. The van der Waals surface area contributed by atoms with Crippen LogP contribution in [0.3, 0.4) is 0 Å². The van der Waals surface area contributed by atoms with Crippen LogP contribution in [0.1, 0.15) is 35.7 Å². The molecule has 0 bridgehead atoms. The lowest BCUT2D eigenvalue weighted by molar-refractivity contribution is -0.137. The molecule has 1 aliphatic heterocycles. The van der Waals surface area contributed by atoms with Gasteiger partial charge in [-0.05, 0) is 43.7 Å². The second-order valence-electron chi connectivity index (χ2n) is 5.22. The van der Waals surface area contributed by atoms with E-state index in [1.54, 1.807) is 4.90 Å². The summed E-state index contributed by atoms with van der Waals surface area (Å²) in [6.07, 6.45) is -2.67. The smallest absolute Gasteiger partial charge is 0.334 e. The van der Waals surface area contributed by atoms with Crippen LogP contribution in [0, 0.1) is 0 Å². The average Bonchev–Trinajstić information content (AvgIpc) is 2.97. The molecule has 124 valence electrons. The molecule has 1 fully saturated rings. The van der Waals surface area contributed by atoms with Crippen LogP contribution in [-0.4, -0.2) is 36.5 Å². The first kappa shape index (κ1) is 18.8. The summed E-state index contributed by atoms with van der Waals surface area (Å²) in [7, 11) is 0. The van der Waals surface area contributed by atoms with Crippen LogP contribution >= 0.6 is 12.4 Å². The monoisotopic (exact) mass is 336 g/mol. The van der Waals surface area contributed by atoms with Gasteiger partial charge in [0.25, 0.3) is 5.91 Å².